The summed E-state index contributed by atoms with van der Waals surface area (Å²) in [4.78, 5) is 4.94. The summed E-state index contributed by atoms with van der Waals surface area (Å²) in [6.07, 6.45) is 1.48. The maximum Gasteiger partial charge on any atom is 0.190 e. The van der Waals surface area contributed by atoms with Gasteiger partial charge in [0, 0.05) is 22.5 Å². The fourth-order valence-electron chi connectivity index (χ4n) is 1.28. The highest BCUT2D eigenvalue weighted by atomic mass is 35.5. The number of rotatable bonds is 3. The van der Waals surface area contributed by atoms with Crippen molar-refractivity contribution in [2.45, 2.75) is 10.1 Å². The Labute approximate surface area is 107 Å². The molecule has 88 valence electrons. The molecular weight excluding hydrogens is 258 g/mol. The van der Waals surface area contributed by atoms with Gasteiger partial charge in [0.05, 0.1) is 0 Å². The van der Waals surface area contributed by atoms with Crippen LogP contribution in [-0.4, -0.2) is 20.6 Å². The minimum absolute atomic E-state index is 0.0165. The van der Waals surface area contributed by atoms with Crippen LogP contribution in [0.15, 0.2) is 34.6 Å². The summed E-state index contributed by atoms with van der Waals surface area (Å²) in [5.41, 5.74) is 6.12. The monoisotopic (exact) mass is 267 g/mol. The summed E-state index contributed by atoms with van der Waals surface area (Å²) in [6.45, 7) is 0. The van der Waals surface area contributed by atoms with Gasteiger partial charge in [0.25, 0.3) is 0 Å². The number of nitrogens with zero attached hydrogens (tertiary/aromatic N) is 3. The largest absolute Gasteiger partial charge is 0.384 e. The van der Waals surface area contributed by atoms with Crippen LogP contribution in [0.1, 0.15) is 5.56 Å². The Morgan fingerprint density at radius 3 is 2.88 bits per heavy atom. The second-order valence-electron chi connectivity index (χ2n) is 3.32. The van der Waals surface area contributed by atoms with Crippen LogP contribution in [0.25, 0.3) is 0 Å². The van der Waals surface area contributed by atoms with Crippen LogP contribution in [0.5, 0.6) is 0 Å². The number of aryl methyl sites for hydroxylation is 1. The third kappa shape index (κ3) is 2.59. The van der Waals surface area contributed by atoms with E-state index in [0.717, 1.165) is 10.1 Å². The predicted octanol–water partition coefficient (Wildman–Crippen LogP) is 1.90. The number of hydrogen-bond acceptors (Lipinski definition) is 4. The molecule has 0 aliphatic heterocycles. The zero-order valence-corrected chi connectivity index (χ0v) is 10.6. The second-order valence-corrected chi connectivity index (χ2v) is 4.77. The molecule has 17 heavy (non-hydrogen) atoms. The number of hydrogen-bond donors (Lipinski definition) is 2. The molecule has 0 saturated heterocycles. The Morgan fingerprint density at radius 1 is 1.53 bits per heavy atom. The molecular formula is C10H10ClN5S. The fourth-order valence-corrected chi connectivity index (χ4v) is 2.34. The quantitative estimate of drug-likeness (QED) is 0.657. The number of nitrogen functional groups attached to an aromatic ring is 1. The van der Waals surface area contributed by atoms with Gasteiger partial charge >= 0.3 is 0 Å². The third-order valence-corrected chi connectivity index (χ3v) is 3.47. The summed E-state index contributed by atoms with van der Waals surface area (Å²) < 4.78 is 1.66. The fraction of sp³-hybridized carbons (Fsp3) is 0.100. The van der Waals surface area contributed by atoms with E-state index in [4.69, 9.17) is 22.7 Å². The number of nitrogens with two attached hydrogens (primary N) is 1. The zero-order chi connectivity index (χ0) is 12.4. The number of amidine groups is 1. The van der Waals surface area contributed by atoms with Gasteiger partial charge < -0.3 is 5.73 Å². The van der Waals surface area contributed by atoms with E-state index in [1.807, 2.05) is 6.07 Å². The molecule has 2 aromatic rings. The van der Waals surface area contributed by atoms with Crippen molar-refractivity contribution in [1.82, 2.24) is 14.8 Å². The molecule has 5 nitrogen and oxygen atoms in total. The summed E-state index contributed by atoms with van der Waals surface area (Å²) in [5, 5.41) is 12.8. The van der Waals surface area contributed by atoms with Gasteiger partial charge in [-0.3, -0.25) is 5.41 Å². The highest BCUT2D eigenvalue weighted by Gasteiger charge is 2.10. The molecule has 0 radical (unpaired) electrons. The molecule has 0 unspecified atom stereocenters. The molecule has 0 aliphatic rings. The van der Waals surface area contributed by atoms with Crippen molar-refractivity contribution in [3.05, 3.63) is 35.1 Å². The molecule has 0 saturated carbocycles. The molecule has 0 amide bonds. The molecule has 1 aromatic carbocycles. The van der Waals surface area contributed by atoms with E-state index < -0.39 is 0 Å². The first kappa shape index (κ1) is 11.9. The lowest BCUT2D eigenvalue weighted by molar-refractivity contribution is 0.685. The summed E-state index contributed by atoms with van der Waals surface area (Å²) >= 11 is 7.27. The maximum absolute atomic E-state index is 7.52. The number of aromatic nitrogens is 3. The standard InChI is InChI=1S/C10H10ClN5S/c1-16-10(14-5-15-16)17-8-3-2-6(11)4-7(8)9(12)13/h2-5H,1H3,(H3,12,13). The first-order valence-electron chi connectivity index (χ1n) is 4.73. The van der Waals surface area contributed by atoms with Crippen molar-refractivity contribution in [2.75, 3.05) is 0 Å². The molecule has 0 bridgehead atoms. The Hall–Kier alpha value is -1.53. The highest BCUT2D eigenvalue weighted by Crippen LogP contribution is 2.30. The lowest BCUT2D eigenvalue weighted by Crippen LogP contribution is -2.12. The van der Waals surface area contributed by atoms with Crippen molar-refractivity contribution < 1.29 is 0 Å². The Morgan fingerprint density at radius 2 is 2.29 bits per heavy atom. The Balaban J connectivity index is 2.39. The summed E-state index contributed by atoms with van der Waals surface area (Å²) in [6, 6.07) is 5.24. The third-order valence-electron chi connectivity index (χ3n) is 2.10. The van der Waals surface area contributed by atoms with E-state index in [0.29, 0.717) is 10.6 Å². The SMILES string of the molecule is Cn1ncnc1Sc1ccc(Cl)cc1C(=N)N. The molecule has 0 aliphatic carbocycles. The van der Waals surface area contributed by atoms with Crippen molar-refractivity contribution >= 4 is 29.2 Å². The Bertz CT molecular complexity index is 566. The zero-order valence-electron chi connectivity index (χ0n) is 9.01. The van der Waals surface area contributed by atoms with Crippen LogP contribution >= 0.6 is 23.4 Å². The van der Waals surface area contributed by atoms with Gasteiger partial charge in [-0.15, -0.1) is 0 Å². The predicted molar refractivity (Wildman–Crippen MR) is 67.6 cm³/mol. The van der Waals surface area contributed by atoms with Gasteiger partial charge in [-0.1, -0.05) is 11.6 Å². The van der Waals surface area contributed by atoms with Gasteiger partial charge in [-0.05, 0) is 30.0 Å². The minimum Gasteiger partial charge on any atom is -0.384 e. The number of nitrogens with one attached hydrogen (secondary N) is 1. The minimum atomic E-state index is -0.0165. The molecule has 0 spiro atoms. The van der Waals surface area contributed by atoms with E-state index in [1.54, 1.807) is 23.9 Å². The van der Waals surface area contributed by atoms with Crippen LogP contribution < -0.4 is 5.73 Å². The molecule has 0 atom stereocenters. The number of benzene rings is 1. The van der Waals surface area contributed by atoms with Crippen LogP contribution in [0.4, 0.5) is 0 Å². The molecule has 0 fully saturated rings. The average molecular weight is 268 g/mol. The van der Waals surface area contributed by atoms with E-state index in [1.165, 1.54) is 18.1 Å². The first-order chi connectivity index (χ1) is 8.08. The summed E-state index contributed by atoms with van der Waals surface area (Å²) in [7, 11) is 1.80. The first-order valence-corrected chi connectivity index (χ1v) is 5.93. The van der Waals surface area contributed by atoms with Crippen LogP contribution in [0.2, 0.25) is 5.02 Å². The van der Waals surface area contributed by atoms with Gasteiger partial charge in [0.15, 0.2) is 5.16 Å². The topological polar surface area (TPSA) is 80.6 Å². The average Bonchev–Trinajstić information content (AvgIpc) is 2.67. The van der Waals surface area contributed by atoms with Gasteiger partial charge in [0.1, 0.15) is 12.2 Å². The summed E-state index contributed by atoms with van der Waals surface area (Å²) in [5.74, 6) is -0.0165. The molecule has 2 rings (SSSR count). The number of halogens is 1. The maximum atomic E-state index is 7.52. The van der Waals surface area contributed by atoms with E-state index in [9.17, 15) is 0 Å². The van der Waals surface area contributed by atoms with Gasteiger partial charge in [-0.2, -0.15) is 5.10 Å². The molecule has 1 aromatic heterocycles. The molecule has 3 N–H and O–H groups in total. The second kappa shape index (κ2) is 4.77. The normalized spacial score (nSPS) is 10.5. The van der Waals surface area contributed by atoms with Crippen molar-refractivity contribution in [2.24, 2.45) is 12.8 Å². The van der Waals surface area contributed by atoms with E-state index >= 15 is 0 Å². The smallest absolute Gasteiger partial charge is 0.190 e. The van der Waals surface area contributed by atoms with Crippen molar-refractivity contribution in [1.29, 1.82) is 5.41 Å². The van der Waals surface area contributed by atoms with Crippen LogP contribution in [-0.2, 0) is 7.05 Å². The Kier molecular flexibility index (Phi) is 3.35. The lowest BCUT2D eigenvalue weighted by atomic mass is 10.2. The van der Waals surface area contributed by atoms with Crippen LogP contribution in [0, 0.1) is 5.41 Å². The van der Waals surface area contributed by atoms with Gasteiger partial charge in [0.2, 0.25) is 0 Å². The van der Waals surface area contributed by atoms with Crippen LogP contribution in [0.3, 0.4) is 0 Å². The van der Waals surface area contributed by atoms with E-state index in [2.05, 4.69) is 10.1 Å². The molecule has 1 heterocycles. The molecule has 7 heteroatoms. The lowest BCUT2D eigenvalue weighted by Gasteiger charge is -2.07. The van der Waals surface area contributed by atoms with E-state index in [-0.39, 0.29) is 5.84 Å². The highest BCUT2D eigenvalue weighted by molar-refractivity contribution is 7.99. The van der Waals surface area contributed by atoms with Gasteiger partial charge in [-0.25, -0.2) is 9.67 Å². The van der Waals surface area contributed by atoms with Crippen molar-refractivity contribution in [3.8, 4) is 0 Å². The van der Waals surface area contributed by atoms with Crippen molar-refractivity contribution in [3.63, 3.8) is 0 Å².